The Labute approximate surface area is 178 Å². The van der Waals surface area contributed by atoms with Crippen molar-refractivity contribution in [2.45, 2.75) is 32.7 Å². The molecule has 6 heteroatoms. The molecule has 1 saturated heterocycles. The summed E-state index contributed by atoms with van der Waals surface area (Å²) < 4.78 is 0. The Balaban J connectivity index is 0.00000261. The fourth-order valence-electron chi connectivity index (χ4n) is 3.64. The third-order valence-corrected chi connectivity index (χ3v) is 4.87. The van der Waals surface area contributed by atoms with Crippen molar-refractivity contribution in [1.82, 2.24) is 10.2 Å². The molecule has 3 N–H and O–H groups in total. The zero-order valence-electron chi connectivity index (χ0n) is 15.9. The van der Waals surface area contributed by atoms with Gasteiger partial charge < -0.3 is 16.0 Å². The van der Waals surface area contributed by atoms with Gasteiger partial charge in [-0.2, -0.15) is 0 Å². The molecule has 27 heavy (non-hydrogen) atoms. The monoisotopic (exact) mass is 480 g/mol. The summed E-state index contributed by atoms with van der Waals surface area (Å²) in [5, 5.41) is 5.88. The van der Waals surface area contributed by atoms with E-state index in [9.17, 15) is 4.79 Å². The molecule has 0 radical (unpaired) electrons. The van der Waals surface area contributed by atoms with Crippen LogP contribution >= 0.6 is 24.0 Å². The fourth-order valence-corrected chi connectivity index (χ4v) is 3.64. The third kappa shape index (κ3) is 6.09. The van der Waals surface area contributed by atoms with Gasteiger partial charge in [-0.05, 0) is 48.1 Å². The Kier molecular flexibility index (Phi) is 8.34. The molecule has 0 bridgehead atoms. The zero-order chi connectivity index (χ0) is 18.4. The minimum absolute atomic E-state index is 0. The van der Waals surface area contributed by atoms with Gasteiger partial charge in [0.1, 0.15) is 0 Å². The number of rotatable bonds is 5. The maximum Gasteiger partial charge on any atom is 0.217 e. The molecule has 1 aliphatic rings. The summed E-state index contributed by atoms with van der Waals surface area (Å²) in [5.41, 5.74) is 6.58. The number of nitrogens with zero attached hydrogens (tertiary/aromatic N) is 2. The molecule has 0 saturated carbocycles. The number of nitrogens with two attached hydrogens (primary N) is 1. The number of hydrogen-bond acceptors (Lipinski definition) is 2. The first kappa shape index (κ1) is 21.5. The van der Waals surface area contributed by atoms with Gasteiger partial charge in [0.2, 0.25) is 5.91 Å². The van der Waals surface area contributed by atoms with Gasteiger partial charge in [0.25, 0.3) is 0 Å². The van der Waals surface area contributed by atoms with Gasteiger partial charge in [-0.25, -0.2) is 4.99 Å². The van der Waals surface area contributed by atoms with E-state index in [0.717, 1.165) is 38.4 Å². The summed E-state index contributed by atoms with van der Waals surface area (Å²) >= 11 is 0. The number of hydrogen-bond donors (Lipinski definition) is 2. The van der Waals surface area contributed by atoms with E-state index in [1.54, 1.807) is 0 Å². The van der Waals surface area contributed by atoms with E-state index >= 15 is 0 Å². The van der Waals surface area contributed by atoms with Crippen LogP contribution in [0.1, 0.15) is 31.7 Å². The molecule has 5 nitrogen and oxygen atoms in total. The minimum Gasteiger partial charge on any atom is -0.370 e. The Hall–Kier alpha value is -1.83. The number of fused-ring (bicyclic) bond motifs is 1. The summed E-state index contributed by atoms with van der Waals surface area (Å²) in [6.45, 7) is 5.36. The quantitative estimate of drug-likeness (QED) is 0.391. The number of piperidine rings is 1. The summed E-state index contributed by atoms with van der Waals surface area (Å²) in [7, 11) is 0. The zero-order valence-corrected chi connectivity index (χ0v) is 18.2. The van der Waals surface area contributed by atoms with Crippen LogP contribution in [-0.4, -0.2) is 36.4 Å². The number of halogens is 1. The number of likely N-dealkylation sites (tertiary alicyclic amines) is 1. The van der Waals surface area contributed by atoms with E-state index in [-0.39, 0.29) is 29.9 Å². The van der Waals surface area contributed by atoms with Crippen molar-refractivity contribution in [3.8, 4) is 0 Å². The van der Waals surface area contributed by atoms with Gasteiger partial charge in [0.15, 0.2) is 5.96 Å². The van der Waals surface area contributed by atoms with Crippen LogP contribution in [0.5, 0.6) is 0 Å². The summed E-state index contributed by atoms with van der Waals surface area (Å²) in [5.74, 6) is 1.04. The van der Waals surface area contributed by atoms with Crippen molar-refractivity contribution in [2.75, 3.05) is 19.6 Å². The molecule has 1 heterocycles. The average molecular weight is 480 g/mol. The van der Waals surface area contributed by atoms with Crippen molar-refractivity contribution in [3.63, 3.8) is 0 Å². The Morgan fingerprint density at radius 3 is 2.78 bits per heavy atom. The first-order chi connectivity index (χ1) is 12.7. The number of guanidine groups is 1. The molecule has 0 aromatic heterocycles. The second-order valence-electron chi connectivity index (χ2n) is 6.98. The van der Waals surface area contributed by atoms with Gasteiger partial charge in [-0.15, -0.1) is 24.0 Å². The first-order valence-corrected chi connectivity index (χ1v) is 9.45. The maximum absolute atomic E-state index is 11.2. The van der Waals surface area contributed by atoms with E-state index in [0.29, 0.717) is 18.9 Å². The SMILES string of the molecule is CCNC(=NCc1ccc2ccccc2c1)N1CCCC(CC(N)=O)C1.I. The van der Waals surface area contributed by atoms with E-state index < -0.39 is 0 Å². The molecule has 1 aliphatic heterocycles. The molecule has 2 aromatic rings. The topological polar surface area (TPSA) is 70.7 Å². The summed E-state index contributed by atoms with van der Waals surface area (Å²) in [4.78, 5) is 18.4. The number of amides is 1. The van der Waals surface area contributed by atoms with Crippen LogP contribution in [-0.2, 0) is 11.3 Å². The predicted octanol–water partition coefficient (Wildman–Crippen LogP) is 3.51. The molecule has 146 valence electrons. The molecule has 1 atom stereocenters. The number of benzene rings is 2. The fraction of sp³-hybridized carbons (Fsp3) is 0.429. The molecule has 0 spiro atoms. The smallest absolute Gasteiger partial charge is 0.217 e. The van der Waals surface area contributed by atoms with Gasteiger partial charge in [-0.3, -0.25) is 4.79 Å². The predicted molar refractivity (Wildman–Crippen MR) is 122 cm³/mol. The largest absolute Gasteiger partial charge is 0.370 e. The van der Waals surface area contributed by atoms with Crippen molar-refractivity contribution < 1.29 is 4.79 Å². The lowest BCUT2D eigenvalue weighted by molar-refractivity contribution is -0.119. The van der Waals surface area contributed by atoms with Crippen molar-refractivity contribution in [1.29, 1.82) is 0 Å². The first-order valence-electron chi connectivity index (χ1n) is 9.45. The Morgan fingerprint density at radius 2 is 2.04 bits per heavy atom. The van der Waals surface area contributed by atoms with E-state index in [4.69, 9.17) is 10.7 Å². The molecular formula is C21H29IN4O. The summed E-state index contributed by atoms with van der Waals surface area (Å²) in [6.07, 6.45) is 2.59. The lowest BCUT2D eigenvalue weighted by atomic mass is 9.95. The van der Waals surface area contributed by atoms with E-state index in [2.05, 4.69) is 59.6 Å². The van der Waals surface area contributed by atoms with Crippen molar-refractivity contribution >= 4 is 46.6 Å². The van der Waals surface area contributed by atoms with Crippen molar-refractivity contribution in [2.24, 2.45) is 16.6 Å². The second-order valence-corrected chi connectivity index (χ2v) is 6.98. The van der Waals surface area contributed by atoms with Gasteiger partial charge in [0, 0.05) is 26.1 Å². The van der Waals surface area contributed by atoms with Gasteiger partial charge in [0.05, 0.1) is 6.54 Å². The number of aliphatic imine (C=N–C) groups is 1. The Bertz CT molecular complexity index is 793. The summed E-state index contributed by atoms with van der Waals surface area (Å²) in [6, 6.07) is 14.9. The third-order valence-electron chi connectivity index (χ3n) is 4.87. The molecule has 0 aliphatic carbocycles. The standard InChI is InChI=1S/C21H28N4O.HI/c1-2-23-21(25-11-5-6-17(15-25)13-20(22)26)24-14-16-9-10-18-7-3-4-8-19(18)12-16;/h3-4,7-10,12,17H,2,5-6,11,13-15H2,1H3,(H2,22,26)(H,23,24);1H. The van der Waals surface area contributed by atoms with E-state index in [1.807, 2.05) is 0 Å². The van der Waals surface area contributed by atoms with Crippen LogP contribution < -0.4 is 11.1 Å². The molecule has 3 rings (SSSR count). The second kappa shape index (κ2) is 10.5. The van der Waals surface area contributed by atoms with Crippen LogP contribution in [0, 0.1) is 5.92 Å². The van der Waals surface area contributed by atoms with Crippen LogP contribution in [0.25, 0.3) is 10.8 Å². The molecule has 1 fully saturated rings. The maximum atomic E-state index is 11.2. The highest BCUT2D eigenvalue weighted by Crippen LogP contribution is 2.20. The highest BCUT2D eigenvalue weighted by Gasteiger charge is 2.23. The lowest BCUT2D eigenvalue weighted by Crippen LogP contribution is -2.47. The number of carbonyl (C=O) groups excluding carboxylic acids is 1. The van der Waals surface area contributed by atoms with E-state index in [1.165, 1.54) is 16.3 Å². The van der Waals surface area contributed by atoms with Crippen LogP contribution in [0.15, 0.2) is 47.5 Å². The van der Waals surface area contributed by atoms with Crippen LogP contribution in [0.3, 0.4) is 0 Å². The normalized spacial score (nSPS) is 17.4. The van der Waals surface area contributed by atoms with Crippen molar-refractivity contribution in [3.05, 3.63) is 48.0 Å². The van der Waals surface area contributed by atoms with Gasteiger partial charge in [-0.1, -0.05) is 36.4 Å². The number of nitrogens with one attached hydrogen (secondary N) is 1. The van der Waals surface area contributed by atoms with Crippen LogP contribution in [0.4, 0.5) is 0 Å². The van der Waals surface area contributed by atoms with Gasteiger partial charge >= 0.3 is 0 Å². The minimum atomic E-state index is -0.213. The number of carbonyl (C=O) groups is 1. The number of primary amides is 1. The highest BCUT2D eigenvalue weighted by molar-refractivity contribution is 14.0. The lowest BCUT2D eigenvalue weighted by Gasteiger charge is -2.34. The Morgan fingerprint density at radius 1 is 1.26 bits per heavy atom. The molecular weight excluding hydrogens is 451 g/mol. The molecule has 2 aromatic carbocycles. The average Bonchev–Trinajstić information content (AvgIpc) is 2.64. The van der Waals surface area contributed by atoms with Crippen LogP contribution in [0.2, 0.25) is 0 Å². The highest BCUT2D eigenvalue weighted by atomic mass is 127. The molecule has 1 unspecified atom stereocenters. The molecule has 1 amide bonds.